The van der Waals surface area contributed by atoms with Crippen LogP contribution in [0.15, 0.2) is 53.0 Å². The van der Waals surface area contributed by atoms with Crippen LogP contribution in [0.5, 0.6) is 0 Å². The van der Waals surface area contributed by atoms with Crippen molar-refractivity contribution in [1.82, 2.24) is 4.90 Å². The molecule has 0 spiro atoms. The fourth-order valence-electron chi connectivity index (χ4n) is 2.53. The van der Waals surface area contributed by atoms with Gasteiger partial charge < -0.3 is 9.64 Å². The Labute approximate surface area is 136 Å². The number of hydrogen-bond acceptors (Lipinski definition) is 2. The minimum absolute atomic E-state index is 0.0862. The highest BCUT2D eigenvalue weighted by Gasteiger charge is 2.27. The van der Waals surface area contributed by atoms with Gasteiger partial charge in [0.2, 0.25) is 0 Å². The molecule has 1 heterocycles. The van der Waals surface area contributed by atoms with E-state index in [1.165, 1.54) is 12.1 Å². The van der Waals surface area contributed by atoms with E-state index < -0.39 is 5.82 Å². The van der Waals surface area contributed by atoms with E-state index in [-0.39, 0.29) is 17.6 Å². The van der Waals surface area contributed by atoms with E-state index in [1.54, 1.807) is 11.0 Å². The molecule has 1 saturated heterocycles. The standard InChI is InChI=1S/C17H15BrFNO2/c18-13-6-7-15(19)14(10-13)17(21)20-8-9-22-16(11-20)12-4-2-1-3-5-12/h1-7,10,16H,8-9,11H2/t16-/m0/s1. The molecule has 0 N–H and O–H groups in total. The van der Waals surface area contributed by atoms with Gasteiger partial charge in [-0.15, -0.1) is 0 Å². The number of carbonyl (C=O) groups excluding carboxylic acids is 1. The highest BCUT2D eigenvalue weighted by Crippen LogP contribution is 2.24. The minimum atomic E-state index is -0.504. The molecule has 1 fully saturated rings. The summed E-state index contributed by atoms with van der Waals surface area (Å²) < 4.78 is 20.3. The van der Waals surface area contributed by atoms with Gasteiger partial charge in [-0.05, 0) is 23.8 Å². The van der Waals surface area contributed by atoms with Crippen molar-refractivity contribution >= 4 is 21.8 Å². The van der Waals surface area contributed by atoms with Crippen LogP contribution in [0.1, 0.15) is 22.0 Å². The van der Waals surface area contributed by atoms with E-state index >= 15 is 0 Å². The highest BCUT2D eigenvalue weighted by atomic mass is 79.9. The van der Waals surface area contributed by atoms with Crippen molar-refractivity contribution in [3.05, 3.63) is 69.9 Å². The lowest BCUT2D eigenvalue weighted by molar-refractivity contribution is -0.0229. The maximum Gasteiger partial charge on any atom is 0.257 e. The van der Waals surface area contributed by atoms with Crippen molar-refractivity contribution in [2.75, 3.05) is 19.7 Å². The monoisotopic (exact) mass is 363 g/mol. The summed E-state index contributed by atoms with van der Waals surface area (Å²) in [6.07, 6.45) is -0.172. The predicted molar refractivity (Wildman–Crippen MR) is 85.1 cm³/mol. The number of hydrogen-bond donors (Lipinski definition) is 0. The highest BCUT2D eigenvalue weighted by molar-refractivity contribution is 9.10. The zero-order valence-corrected chi connectivity index (χ0v) is 13.4. The summed E-state index contributed by atoms with van der Waals surface area (Å²) in [7, 11) is 0. The summed E-state index contributed by atoms with van der Waals surface area (Å²) >= 11 is 3.28. The van der Waals surface area contributed by atoms with Gasteiger partial charge in [-0.3, -0.25) is 4.79 Å². The molecule has 22 heavy (non-hydrogen) atoms. The lowest BCUT2D eigenvalue weighted by Crippen LogP contribution is -2.42. The first-order valence-electron chi connectivity index (χ1n) is 7.06. The van der Waals surface area contributed by atoms with E-state index in [4.69, 9.17) is 4.74 Å². The molecule has 0 aliphatic carbocycles. The SMILES string of the molecule is O=C(c1cc(Br)ccc1F)N1CCO[C@H](c2ccccc2)C1. The number of nitrogens with zero attached hydrogens (tertiary/aromatic N) is 1. The van der Waals surface area contributed by atoms with E-state index in [2.05, 4.69) is 15.9 Å². The van der Waals surface area contributed by atoms with E-state index in [0.717, 1.165) is 5.56 Å². The summed E-state index contributed by atoms with van der Waals surface area (Å²) in [6, 6.07) is 14.2. The molecule has 0 saturated carbocycles. The van der Waals surface area contributed by atoms with Crippen molar-refractivity contribution in [3.8, 4) is 0 Å². The Hall–Kier alpha value is -1.72. The van der Waals surface area contributed by atoms with Crippen molar-refractivity contribution < 1.29 is 13.9 Å². The Morgan fingerprint density at radius 2 is 2.00 bits per heavy atom. The van der Waals surface area contributed by atoms with Crippen LogP contribution in [0.4, 0.5) is 4.39 Å². The van der Waals surface area contributed by atoms with Gasteiger partial charge in [-0.25, -0.2) is 4.39 Å². The van der Waals surface area contributed by atoms with Gasteiger partial charge >= 0.3 is 0 Å². The molecule has 2 aromatic carbocycles. The van der Waals surface area contributed by atoms with Crippen molar-refractivity contribution in [2.45, 2.75) is 6.10 Å². The van der Waals surface area contributed by atoms with Gasteiger partial charge in [-0.2, -0.15) is 0 Å². The Balaban J connectivity index is 1.80. The second-order valence-corrected chi connectivity index (χ2v) is 6.06. The molecule has 114 valence electrons. The van der Waals surface area contributed by atoms with Gasteiger partial charge in [0, 0.05) is 11.0 Å². The second-order valence-electron chi connectivity index (χ2n) is 5.15. The van der Waals surface area contributed by atoms with Crippen LogP contribution < -0.4 is 0 Å². The van der Waals surface area contributed by atoms with Crippen LogP contribution in [0.25, 0.3) is 0 Å². The molecule has 1 amide bonds. The van der Waals surface area contributed by atoms with Crippen molar-refractivity contribution in [2.24, 2.45) is 0 Å². The summed E-state index contributed by atoms with van der Waals surface area (Å²) in [6.45, 7) is 1.34. The van der Waals surface area contributed by atoms with Crippen LogP contribution in [0, 0.1) is 5.82 Å². The molecule has 5 heteroatoms. The van der Waals surface area contributed by atoms with E-state index in [1.807, 2.05) is 30.3 Å². The number of morpholine rings is 1. The summed E-state index contributed by atoms with van der Waals surface area (Å²) in [4.78, 5) is 14.2. The molecular formula is C17H15BrFNO2. The summed E-state index contributed by atoms with van der Waals surface area (Å²) in [5.74, 6) is -0.806. The van der Waals surface area contributed by atoms with Crippen molar-refractivity contribution in [1.29, 1.82) is 0 Å². The predicted octanol–water partition coefficient (Wildman–Crippen LogP) is 3.80. The molecule has 0 aromatic heterocycles. The van der Waals surface area contributed by atoms with Crippen LogP contribution in [-0.2, 0) is 4.74 Å². The maximum atomic E-state index is 13.9. The fourth-order valence-corrected chi connectivity index (χ4v) is 2.90. The Bertz CT molecular complexity index is 678. The van der Waals surface area contributed by atoms with Gasteiger partial charge in [0.15, 0.2) is 0 Å². The number of benzene rings is 2. The number of halogens is 2. The molecule has 0 unspecified atom stereocenters. The van der Waals surface area contributed by atoms with Crippen LogP contribution in [0.2, 0.25) is 0 Å². The van der Waals surface area contributed by atoms with Crippen LogP contribution >= 0.6 is 15.9 Å². The quantitative estimate of drug-likeness (QED) is 0.811. The summed E-state index contributed by atoms with van der Waals surface area (Å²) in [5, 5.41) is 0. The van der Waals surface area contributed by atoms with Gasteiger partial charge in [-0.1, -0.05) is 46.3 Å². The zero-order chi connectivity index (χ0) is 15.5. The maximum absolute atomic E-state index is 13.9. The first-order chi connectivity index (χ1) is 10.6. The Morgan fingerprint density at radius 1 is 1.23 bits per heavy atom. The lowest BCUT2D eigenvalue weighted by atomic mass is 10.1. The molecule has 0 bridgehead atoms. The summed E-state index contributed by atoms with van der Waals surface area (Å²) in [5.41, 5.74) is 1.11. The molecule has 1 aliphatic rings. The van der Waals surface area contributed by atoms with Gasteiger partial charge in [0.1, 0.15) is 11.9 Å². The number of ether oxygens (including phenoxy) is 1. The number of amides is 1. The third-order valence-electron chi connectivity index (χ3n) is 3.68. The number of rotatable bonds is 2. The largest absolute Gasteiger partial charge is 0.370 e. The normalized spacial score (nSPS) is 18.3. The molecule has 3 nitrogen and oxygen atoms in total. The average molecular weight is 364 g/mol. The van der Waals surface area contributed by atoms with Gasteiger partial charge in [0.25, 0.3) is 5.91 Å². The first kappa shape index (κ1) is 15.2. The van der Waals surface area contributed by atoms with Crippen LogP contribution in [0.3, 0.4) is 0 Å². The zero-order valence-electron chi connectivity index (χ0n) is 11.8. The van der Waals surface area contributed by atoms with Crippen LogP contribution in [-0.4, -0.2) is 30.5 Å². The minimum Gasteiger partial charge on any atom is -0.370 e. The number of carbonyl (C=O) groups is 1. The molecule has 2 aromatic rings. The van der Waals surface area contributed by atoms with Gasteiger partial charge in [0.05, 0.1) is 18.7 Å². The lowest BCUT2D eigenvalue weighted by Gasteiger charge is -2.33. The Morgan fingerprint density at radius 3 is 2.77 bits per heavy atom. The van der Waals surface area contributed by atoms with E-state index in [9.17, 15) is 9.18 Å². The smallest absolute Gasteiger partial charge is 0.257 e. The van der Waals surface area contributed by atoms with E-state index in [0.29, 0.717) is 24.2 Å². The molecule has 0 radical (unpaired) electrons. The van der Waals surface area contributed by atoms with Crippen molar-refractivity contribution in [3.63, 3.8) is 0 Å². The Kier molecular flexibility index (Phi) is 4.55. The molecule has 1 aliphatic heterocycles. The fraction of sp³-hybridized carbons (Fsp3) is 0.235. The first-order valence-corrected chi connectivity index (χ1v) is 7.85. The second kappa shape index (κ2) is 6.58. The molecular weight excluding hydrogens is 349 g/mol. The molecule has 3 rings (SSSR count). The third kappa shape index (κ3) is 3.20. The third-order valence-corrected chi connectivity index (χ3v) is 4.18. The molecule has 1 atom stereocenters. The average Bonchev–Trinajstić information content (AvgIpc) is 2.57. The topological polar surface area (TPSA) is 29.5 Å².